The summed E-state index contributed by atoms with van der Waals surface area (Å²) in [7, 11) is 1.62. The Labute approximate surface area is 90.9 Å². The summed E-state index contributed by atoms with van der Waals surface area (Å²) in [5.41, 5.74) is 5.73. The number of nitrogens with one attached hydrogen (secondary N) is 1. The highest BCUT2D eigenvalue weighted by Crippen LogP contribution is 2.15. The average molecular weight is 215 g/mol. The molecule has 1 amide bonds. The molecule has 5 nitrogen and oxygen atoms in total. The average Bonchev–Trinajstić information content (AvgIpc) is 2.00. The molecule has 0 saturated carbocycles. The molecule has 0 aromatic rings. The van der Waals surface area contributed by atoms with Gasteiger partial charge in [-0.25, -0.2) is 0 Å². The fourth-order valence-electron chi connectivity index (χ4n) is 1.90. The molecule has 1 saturated heterocycles. The lowest BCUT2D eigenvalue weighted by molar-refractivity contribution is -0.124. The Hall–Kier alpha value is -0.650. The van der Waals surface area contributed by atoms with Crippen LogP contribution in [0.15, 0.2) is 0 Å². The fourth-order valence-corrected chi connectivity index (χ4v) is 1.90. The first-order valence-corrected chi connectivity index (χ1v) is 5.22. The van der Waals surface area contributed by atoms with Gasteiger partial charge in [-0.1, -0.05) is 0 Å². The monoisotopic (exact) mass is 215 g/mol. The van der Waals surface area contributed by atoms with E-state index in [1.165, 1.54) is 0 Å². The number of hydrogen-bond donors (Lipinski definition) is 2. The van der Waals surface area contributed by atoms with Crippen LogP contribution in [0.3, 0.4) is 0 Å². The van der Waals surface area contributed by atoms with Crippen molar-refractivity contribution in [2.45, 2.75) is 25.4 Å². The van der Waals surface area contributed by atoms with Crippen molar-refractivity contribution in [3.63, 3.8) is 0 Å². The third kappa shape index (κ3) is 4.15. The van der Waals surface area contributed by atoms with E-state index >= 15 is 0 Å². The topological polar surface area (TPSA) is 67.6 Å². The molecular formula is C10H21N3O2. The van der Waals surface area contributed by atoms with Crippen molar-refractivity contribution in [2.75, 3.05) is 33.4 Å². The first-order valence-electron chi connectivity index (χ1n) is 5.22. The van der Waals surface area contributed by atoms with Gasteiger partial charge < -0.3 is 15.8 Å². The molecule has 3 N–H and O–H groups in total. The predicted octanol–water partition coefficient (Wildman–Crippen LogP) is -0.829. The summed E-state index contributed by atoms with van der Waals surface area (Å²) >= 11 is 0. The van der Waals surface area contributed by atoms with Gasteiger partial charge in [-0.15, -0.1) is 0 Å². The number of amides is 1. The predicted molar refractivity (Wildman–Crippen MR) is 58.5 cm³/mol. The Balaban J connectivity index is 2.15. The molecule has 1 rings (SSSR count). The van der Waals surface area contributed by atoms with Crippen molar-refractivity contribution in [3.8, 4) is 0 Å². The first kappa shape index (κ1) is 12.4. The van der Waals surface area contributed by atoms with Gasteiger partial charge in [-0.3, -0.25) is 9.69 Å². The Morgan fingerprint density at radius 2 is 2.27 bits per heavy atom. The van der Waals surface area contributed by atoms with Crippen molar-refractivity contribution in [3.05, 3.63) is 0 Å². The molecular weight excluding hydrogens is 194 g/mol. The fraction of sp³-hybridized carbons (Fsp3) is 0.900. The van der Waals surface area contributed by atoms with Crippen molar-refractivity contribution >= 4 is 5.91 Å². The number of methoxy groups -OCH3 is 1. The highest BCUT2D eigenvalue weighted by Gasteiger charge is 2.35. The van der Waals surface area contributed by atoms with Crippen LogP contribution < -0.4 is 11.1 Å². The molecule has 1 atom stereocenters. The largest absolute Gasteiger partial charge is 0.383 e. The van der Waals surface area contributed by atoms with Gasteiger partial charge in [-0.2, -0.15) is 0 Å². The van der Waals surface area contributed by atoms with Gasteiger partial charge >= 0.3 is 0 Å². The van der Waals surface area contributed by atoms with E-state index in [9.17, 15) is 4.79 Å². The molecule has 1 heterocycles. The summed E-state index contributed by atoms with van der Waals surface area (Å²) in [6, 6.07) is 0.0630. The minimum atomic E-state index is -0.113. The SMILES string of the molecule is COCC(C)NC(=O)CN1CC(C)(N)C1. The number of rotatable bonds is 5. The summed E-state index contributed by atoms with van der Waals surface area (Å²) in [5, 5.41) is 2.86. The van der Waals surface area contributed by atoms with Crippen LogP contribution in [0.1, 0.15) is 13.8 Å². The van der Waals surface area contributed by atoms with Gasteiger partial charge in [0.25, 0.3) is 0 Å². The number of carbonyl (C=O) groups excluding carboxylic acids is 1. The number of carbonyl (C=O) groups is 1. The molecule has 15 heavy (non-hydrogen) atoms. The highest BCUT2D eigenvalue weighted by molar-refractivity contribution is 5.78. The van der Waals surface area contributed by atoms with Crippen molar-refractivity contribution in [1.82, 2.24) is 10.2 Å². The van der Waals surface area contributed by atoms with Crippen LogP contribution in [0.5, 0.6) is 0 Å². The number of likely N-dealkylation sites (tertiary alicyclic amines) is 1. The zero-order valence-electron chi connectivity index (χ0n) is 9.75. The van der Waals surface area contributed by atoms with Gasteiger partial charge in [-0.05, 0) is 13.8 Å². The quantitative estimate of drug-likeness (QED) is 0.628. The minimum absolute atomic E-state index is 0.0371. The molecule has 0 aliphatic carbocycles. The number of hydrogen-bond acceptors (Lipinski definition) is 4. The lowest BCUT2D eigenvalue weighted by Crippen LogP contribution is -2.66. The van der Waals surface area contributed by atoms with Crippen LogP contribution in [0, 0.1) is 0 Å². The van der Waals surface area contributed by atoms with E-state index in [0.717, 1.165) is 13.1 Å². The van der Waals surface area contributed by atoms with Crippen LogP contribution in [-0.4, -0.2) is 55.7 Å². The van der Waals surface area contributed by atoms with Gasteiger partial charge in [0.2, 0.25) is 5.91 Å². The van der Waals surface area contributed by atoms with Crippen molar-refractivity contribution < 1.29 is 9.53 Å². The van der Waals surface area contributed by atoms with E-state index < -0.39 is 0 Å². The molecule has 1 aliphatic heterocycles. The second kappa shape index (κ2) is 4.92. The van der Waals surface area contributed by atoms with Gasteiger partial charge in [0, 0.05) is 31.8 Å². The Kier molecular flexibility index (Phi) is 4.07. The molecule has 1 fully saturated rings. The molecule has 0 aromatic carbocycles. The Morgan fingerprint density at radius 3 is 2.73 bits per heavy atom. The normalized spacial score (nSPS) is 21.9. The molecule has 0 radical (unpaired) electrons. The molecule has 1 unspecified atom stereocenters. The zero-order chi connectivity index (χ0) is 11.5. The third-order valence-electron chi connectivity index (χ3n) is 2.36. The summed E-state index contributed by atoms with van der Waals surface area (Å²) in [6.45, 7) is 6.47. The van der Waals surface area contributed by atoms with E-state index in [1.54, 1.807) is 7.11 Å². The third-order valence-corrected chi connectivity index (χ3v) is 2.36. The van der Waals surface area contributed by atoms with Gasteiger partial charge in [0.05, 0.1) is 13.2 Å². The van der Waals surface area contributed by atoms with Crippen LogP contribution in [0.25, 0.3) is 0 Å². The maximum atomic E-state index is 11.5. The molecule has 1 aliphatic rings. The molecule has 0 bridgehead atoms. The van der Waals surface area contributed by atoms with Crippen LogP contribution in [0.2, 0.25) is 0 Å². The van der Waals surface area contributed by atoms with E-state index in [4.69, 9.17) is 10.5 Å². The van der Waals surface area contributed by atoms with E-state index in [2.05, 4.69) is 5.32 Å². The number of ether oxygens (including phenoxy) is 1. The van der Waals surface area contributed by atoms with Gasteiger partial charge in [0.1, 0.15) is 0 Å². The maximum absolute atomic E-state index is 11.5. The summed E-state index contributed by atoms with van der Waals surface area (Å²) < 4.78 is 4.93. The van der Waals surface area contributed by atoms with Gasteiger partial charge in [0.15, 0.2) is 0 Å². The van der Waals surface area contributed by atoms with E-state index in [0.29, 0.717) is 13.2 Å². The first-order chi connectivity index (χ1) is 6.93. The molecule has 88 valence electrons. The lowest BCUT2D eigenvalue weighted by atomic mass is 9.94. The lowest BCUT2D eigenvalue weighted by Gasteiger charge is -2.45. The van der Waals surface area contributed by atoms with Crippen molar-refractivity contribution in [2.24, 2.45) is 5.73 Å². The standard InChI is InChI=1S/C10H21N3O2/c1-8(5-15-3)12-9(14)4-13-6-10(2,11)7-13/h8H,4-7,11H2,1-3H3,(H,12,14). The maximum Gasteiger partial charge on any atom is 0.234 e. The van der Waals surface area contributed by atoms with Crippen LogP contribution in [0.4, 0.5) is 0 Å². The molecule has 5 heteroatoms. The summed E-state index contributed by atoms with van der Waals surface area (Å²) in [4.78, 5) is 13.5. The smallest absolute Gasteiger partial charge is 0.234 e. The highest BCUT2D eigenvalue weighted by atomic mass is 16.5. The second-order valence-corrected chi connectivity index (χ2v) is 4.72. The minimum Gasteiger partial charge on any atom is -0.383 e. The zero-order valence-corrected chi connectivity index (χ0v) is 9.75. The molecule has 0 aromatic heterocycles. The Morgan fingerprint density at radius 1 is 1.67 bits per heavy atom. The molecule has 0 spiro atoms. The van der Waals surface area contributed by atoms with Crippen LogP contribution >= 0.6 is 0 Å². The second-order valence-electron chi connectivity index (χ2n) is 4.72. The Bertz CT molecular complexity index is 223. The number of nitrogens with zero attached hydrogens (tertiary/aromatic N) is 1. The number of nitrogens with two attached hydrogens (primary N) is 1. The van der Waals surface area contributed by atoms with E-state index in [1.807, 2.05) is 18.7 Å². The van der Waals surface area contributed by atoms with Crippen molar-refractivity contribution in [1.29, 1.82) is 0 Å². The summed E-state index contributed by atoms with van der Waals surface area (Å²) in [6.07, 6.45) is 0. The van der Waals surface area contributed by atoms with E-state index in [-0.39, 0.29) is 17.5 Å². The summed E-state index contributed by atoms with van der Waals surface area (Å²) in [5.74, 6) is 0.0371. The van der Waals surface area contributed by atoms with Crippen LogP contribution in [-0.2, 0) is 9.53 Å².